The second-order valence-corrected chi connectivity index (χ2v) is 4.87. The van der Waals surface area contributed by atoms with Gasteiger partial charge in [0.05, 0.1) is 5.92 Å². The molecule has 0 saturated heterocycles. The smallest absolute Gasteiger partial charge is 0.311 e. The zero-order valence-corrected chi connectivity index (χ0v) is 9.86. The van der Waals surface area contributed by atoms with Gasteiger partial charge >= 0.3 is 5.97 Å². The minimum absolute atomic E-state index is 0.298. The van der Waals surface area contributed by atoms with Gasteiger partial charge in [-0.2, -0.15) is 0 Å². The van der Waals surface area contributed by atoms with Crippen LogP contribution >= 0.6 is 0 Å². The first-order valence-electron chi connectivity index (χ1n) is 5.89. The maximum absolute atomic E-state index is 11.4. The lowest BCUT2D eigenvalue weighted by Crippen LogP contribution is -2.27. The molecule has 16 heavy (non-hydrogen) atoms. The Hall–Kier alpha value is -1.31. The number of carbonyl (C=O) groups is 1. The zero-order valence-electron chi connectivity index (χ0n) is 9.86. The summed E-state index contributed by atoms with van der Waals surface area (Å²) < 4.78 is 0. The van der Waals surface area contributed by atoms with Crippen molar-refractivity contribution in [2.45, 2.75) is 39.0 Å². The number of aryl methyl sites for hydroxylation is 2. The fraction of sp³-hybridized carbons (Fsp3) is 0.500. The molecule has 2 nitrogen and oxygen atoms in total. The normalized spacial score (nSPS) is 17.9. The monoisotopic (exact) mass is 218 g/mol. The van der Waals surface area contributed by atoms with Gasteiger partial charge < -0.3 is 5.11 Å². The third kappa shape index (κ3) is 1.97. The average Bonchev–Trinajstić information content (AvgIpc) is 2.15. The topological polar surface area (TPSA) is 37.3 Å². The fourth-order valence-electron chi connectivity index (χ4n) is 2.46. The standard InChI is InChI=1S/C14H18O2/c1-9-6-7-10(2)12(8-9)13(14(15)16)11-4-3-5-11/h6-8,11,13H,3-5H2,1-2H3,(H,15,16). The molecule has 1 aliphatic carbocycles. The highest BCUT2D eigenvalue weighted by Gasteiger charge is 2.34. The summed E-state index contributed by atoms with van der Waals surface area (Å²) in [7, 11) is 0. The summed E-state index contributed by atoms with van der Waals surface area (Å²) >= 11 is 0. The van der Waals surface area contributed by atoms with E-state index in [0.29, 0.717) is 5.92 Å². The van der Waals surface area contributed by atoms with E-state index in [-0.39, 0.29) is 5.92 Å². The number of carboxylic acid groups (broad SMARTS) is 1. The molecular formula is C14H18O2. The van der Waals surface area contributed by atoms with Gasteiger partial charge in [0, 0.05) is 0 Å². The molecule has 2 heteroatoms. The third-order valence-corrected chi connectivity index (χ3v) is 3.66. The van der Waals surface area contributed by atoms with Crippen molar-refractivity contribution in [1.82, 2.24) is 0 Å². The molecule has 1 unspecified atom stereocenters. The van der Waals surface area contributed by atoms with Gasteiger partial charge in [0.1, 0.15) is 0 Å². The molecule has 1 aromatic rings. The zero-order chi connectivity index (χ0) is 11.7. The van der Waals surface area contributed by atoms with Crippen LogP contribution in [0.3, 0.4) is 0 Å². The molecule has 0 heterocycles. The average molecular weight is 218 g/mol. The molecule has 1 saturated carbocycles. The largest absolute Gasteiger partial charge is 0.481 e. The minimum atomic E-state index is -0.668. The van der Waals surface area contributed by atoms with E-state index in [1.165, 1.54) is 6.42 Å². The van der Waals surface area contributed by atoms with Crippen molar-refractivity contribution in [3.05, 3.63) is 34.9 Å². The second-order valence-electron chi connectivity index (χ2n) is 4.87. The van der Waals surface area contributed by atoms with E-state index in [2.05, 4.69) is 0 Å². The van der Waals surface area contributed by atoms with Crippen LogP contribution in [0.4, 0.5) is 0 Å². The molecule has 0 amide bonds. The maximum atomic E-state index is 11.4. The van der Waals surface area contributed by atoms with Crippen molar-refractivity contribution in [3.8, 4) is 0 Å². The van der Waals surface area contributed by atoms with Crippen LogP contribution in [-0.2, 0) is 4.79 Å². The number of carboxylic acids is 1. The number of rotatable bonds is 3. The van der Waals surface area contributed by atoms with Crippen LogP contribution in [0.1, 0.15) is 41.9 Å². The van der Waals surface area contributed by atoms with Gasteiger partial charge in [-0.15, -0.1) is 0 Å². The highest BCUT2D eigenvalue weighted by Crippen LogP contribution is 2.40. The second kappa shape index (κ2) is 4.28. The molecule has 1 fully saturated rings. The van der Waals surface area contributed by atoms with Crippen LogP contribution in [0.5, 0.6) is 0 Å². The maximum Gasteiger partial charge on any atom is 0.311 e. The van der Waals surface area contributed by atoms with Crippen LogP contribution in [0.15, 0.2) is 18.2 Å². The molecule has 2 rings (SSSR count). The third-order valence-electron chi connectivity index (χ3n) is 3.66. The first-order valence-corrected chi connectivity index (χ1v) is 5.89. The Balaban J connectivity index is 2.37. The molecule has 1 atom stereocenters. The summed E-state index contributed by atoms with van der Waals surface area (Å²) in [6, 6.07) is 6.10. The fourth-order valence-corrected chi connectivity index (χ4v) is 2.46. The first-order chi connectivity index (χ1) is 7.59. The van der Waals surface area contributed by atoms with Crippen molar-refractivity contribution in [3.63, 3.8) is 0 Å². The SMILES string of the molecule is Cc1ccc(C)c(C(C(=O)O)C2CCC2)c1. The summed E-state index contributed by atoms with van der Waals surface area (Å²) in [6.07, 6.45) is 3.30. The van der Waals surface area contributed by atoms with Crippen LogP contribution in [0, 0.1) is 19.8 Å². The quantitative estimate of drug-likeness (QED) is 0.845. The van der Waals surface area contributed by atoms with E-state index in [0.717, 1.165) is 29.5 Å². The predicted molar refractivity (Wildman–Crippen MR) is 63.6 cm³/mol. The molecule has 0 spiro atoms. The van der Waals surface area contributed by atoms with Gasteiger partial charge in [-0.25, -0.2) is 0 Å². The van der Waals surface area contributed by atoms with Gasteiger partial charge in [-0.05, 0) is 43.7 Å². The molecule has 0 aromatic heterocycles. The Morgan fingerprint density at radius 3 is 2.56 bits per heavy atom. The van der Waals surface area contributed by atoms with E-state index in [1.807, 2.05) is 32.0 Å². The number of aliphatic carboxylic acids is 1. The number of benzene rings is 1. The molecule has 0 aliphatic heterocycles. The lowest BCUT2D eigenvalue weighted by Gasteiger charge is -2.32. The molecule has 1 aromatic carbocycles. The van der Waals surface area contributed by atoms with Gasteiger partial charge in [0.2, 0.25) is 0 Å². The van der Waals surface area contributed by atoms with Crippen LogP contribution in [0.2, 0.25) is 0 Å². The summed E-state index contributed by atoms with van der Waals surface area (Å²) in [5.41, 5.74) is 3.26. The predicted octanol–water partition coefficient (Wildman–Crippen LogP) is 3.27. The van der Waals surface area contributed by atoms with E-state index < -0.39 is 5.97 Å². The van der Waals surface area contributed by atoms with Crippen molar-refractivity contribution in [2.75, 3.05) is 0 Å². The van der Waals surface area contributed by atoms with E-state index in [4.69, 9.17) is 0 Å². The molecule has 1 aliphatic rings. The summed E-state index contributed by atoms with van der Waals surface area (Å²) in [5.74, 6) is -0.620. The van der Waals surface area contributed by atoms with Crippen LogP contribution in [-0.4, -0.2) is 11.1 Å². The number of hydrogen-bond donors (Lipinski definition) is 1. The molecule has 0 bridgehead atoms. The van der Waals surface area contributed by atoms with Crippen molar-refractivity contribution in [2.24, 2.45) is 5.92 Å². The van der Waals surface area contributed by atoms with Crippen molar-refractivity contribution >= 4 is 5.97 Å². The Labute approximate surface area is 96.3 Å². The van der Waals surface area contributed by atoms with E-state index in [1.54, 1.807) is 0 Å². The molecular weight excluding hydrogens is 200 g/mol. The van der Waals surface area contributed by atoms with E-state index in [9.17, 15) is 9.90 Å². The molecule has 86 valence electrons. The molecule has 0 radical (unpaired) electrons. The van der Waals surface area contributed by atoms with Gasteiger partial charge in [0.15, 0.2) is 0 Å². The van der Waals surface area contributed by atoms with Crippen molar-refractivity contribution in [1.29, 1.82) is 0 Å². The van der Waals surface area contributed by atoms with Gasteiger partial charge in [-0.3, -0.25) is 4.79 Å². The Bertz CT molecular complexity index is 405. The Morgan fingerprint density at radius 2 is 2.06 bits per heavy atom. The van der Waals surface area contributed by atoms with Crippen LogP contribution < -0.4 is 0 Å². The van der Waals surface area contributed by atoms with Gasteiger partial charge in [0.25, 0.3) is 0 Å². The Morgan fingerprint density at radius 1 is 1.38 bits per heavy atom. The van der Waals surface area contributed by atoms with Gasteiger partial charge in [-0.1, -0.05) is 30.2 Å². The van der Waals surface area contributed by atoms with Crippen LogP contribution in [0.25, 0.3) is 0 Å². The summed E-state index contributed by atoms with van der Waals surface area (Å²) in [6.45, 7) is 4.02. The summed E-state index contributed by atoms with van der Waals surface area (Å²) in [4.78, 5) is 11.4. The minimum Gasteiger partial charge on any atom is -0.481 e. The number of hydrogen-bond acceptors (Lipinski definition) is 1. The first kappa shape index (κ1) is 11.2. The highest BCUT2D eigenvalue weighted by atomic mass is 16.4. The lowest BCUT2D eigenvalue weighted by molar-refractivity contribution is -0.141. The van der Waals surface area contributed by atoms with E-state index >= 15 is 0 Å². The van der Waals surface area contributed by atoms with Crippen molar-refractivity contribution < 1.29 is 9.90 Å². The Kier molecular flexibility index (Phi) is 2.99. The highest BCUT2D eigenvalue weighted by molar-refractivity contribution is 5.77. The molecule has 1 N–H and O–H groups in total. The lowest BCUT2D eigenvalue weighted by atomic mass is 9.72. The summed E-state index contributed by atoms with van der Waals surface area (Å²) in [5, 5.41) is 9.38.